The smallest absolute Gasteiger partial charge is 0.262 e. The Kier molecular flexibility index (Phi) is 4.34. The molecule has 1 atom stereocenters. The van der Waals surface area contributed by atoms with E-state index in [2.05, 4.69) is 32.2 Å². The van der Waals surface area contributed by atoms with Crippen LogP contribution in [0, 0.1) is 0 Å². The van der Waals surface area contributed by atoms with Gasteiger partial charge in [0.05, 0.1) is 12.2 Å². The van der Waals surface area contributed by atoms with E-state index in [9.17, 15) is 4.79 Å². The molecule has 0 unspecified atom stereocenters. The first-order chi connectivity index (χ1) is 10.7. The summed E-state index contributed by atoms with van der Waals surface area (Å²) in [4.78, 5) is 14.1. The maximum absolute atomic E-state index is 12.0. The Hall–Kier alpha value is -2.01. The maximum atomic E-state index is 12.0. The summed E-state index contributed by atoms with van der Waals surface area (Å²) in [6.07, 6.45) is -0.498. The predicted octanol–water partition coefficient (Wildman–Crippen LogP) is 2.96. The van der Waals surface area contributed by atoms with Crippen LogP contribution in [-0.4, -0.2) is 25.6 Å². The quantitative estimate of drug-likeness (QED) is 0.914. The highest BCUT2D eigenvalue weighted by Gasteiger charge is 2.30. The zero-order valence-corrected chi connectivity index (χ0v) is 13.8. The Labute approximate surface area is 138 Å². The second kappa shape index (κ2) is 6.40. The summed E-state index contributed by atoms with van der Waals surface area (Å²) in [7, 11) is 1.63. The normalized spacial score (nSPS) is 16.6. The van der Waals surface area contributed by atoms with E-state index in [0.29, 0.717) is 6.54 Å². The number of hydrogen-bond acceptors (Lipinski definition) is 3. The number of rotatable bonds is 3. The van der Waals surface area contributed by atoms with Gasteiger partial charge >= 0.3 is 0 Å². The fourth-order valence-corrected chi connectivity index (χ4v) is 3.00. The lowest BCUT2D eigenvalue weighted by Crippen LogP contribution is -2.47. The molecule has 0 radical (unpaired) electrons. The number of amides is 1. The van der Waals surface area contributed by atoms with Crippen LogP contribution in [0.2, 0.25) is 0 Å². The SMILES string of the molecule is CNC(=O)[C@@H]1CN(Cc2ccccc2Br)c2ccccc2O1. The maximum Gasteiger partial charge on any atom is 0.262 e. The van der Waals surface area contributed by atoms with Crippen LogP contribution in [0.4, 0.5) is 5.69 Å². The van der Waals surface area contributed by atoms with Gasteiger partial charge in [0, 0.05) is 18.1 Å². The Bertz CT molecular complexity index is 690. The first kappa shape index (κ1) is 14.9. The molecule has 4 nitrogen and oxygen atoms in total. The van der Waals surface area contributed by atoms with Gasteiger partial charge in [-0.05, 0) is 23.8 Å². The summed E-state index contributed by atoms with van der Waals surface area (Å²) in [6.45, 7) is 1.24. The molecule has 0 fully saturated rings. The number of fused-ring (bicyclic) bond motifs is 1. The Balaban J connectivity index is 1.92. The minimum atomic E-state index is -0.498. The number of anilines is 1. The first-order valence-electron chi connectivity index (χ1n) is 7.14. The third kappa shape index (κ3) is 2.95. The fourth-order valence-electron chi connectivity index (χ4n) is 2.59. The fraction of sp³-hybridized carbons (Fsp3) is 0.235. The Morgan fingerprint density at radius 3 is 2.77 bits per heavy atom. The van der Waals surface area contributed by atoms with Crippen molar-refractivity contribution < 1.29 is 9.53 Å². The number of nitrogens with zero attached hydrogens (tertiary/aromatic N) is 1. The number of halogens is 1. The minimum absolute atomic E-state index is 0.105. The van der Waals surface area contributed by atoms with Crippen molar-refractivity contribution >= 4 is 27.5 Å². The van der Waals surface area contributed by atoms with Crippen LogP contribution >= 0.6 is 15.9 Å². The topological polar surface area (TPSA) is 41.6 Å². The van der Waals surface area contributed by atoms with E-state index in [4.69, 9.17) is 4.74 Å². The van der Waals surface area contributed by atoms with Crippen molar-refractivity contribution in [2.75, 3.05) is 18.5 Å². The van der Waals surface area contributed by atoms with Crippen LogP contribution in [0.5, 0.6) is 5.75 Å². The van der Waals surface area contributed by atoms with Gasteiger partial charge in [0.25, 0.3) is 5.91 Å². The predicted molar refractivity (Wildman–Crippen MR) is 90.1 cm³/mol. The number of para-hydroxylation sites is 2. The van der Waals surface area contributed by atoms with Crippen LogP contribution in [-0.2, 0) is 11.3 Å². The van der Waals surface area contributed by atoms with Crippen LogP contribution in [0.25, 0.3) is 0 Å². The van der Waals surface area contributed by atoms with Gasteiger partial charge in [0.1, 0.15) is 5.75 Å². The van der Waals surface area contributed by atoms with E-state index in [0.717, 1.165) is 22.5 Å². The first-order valence-corrected chi connectivity index (χ1v) is 7.94. The highest BCUT2D eigenvalue weighted by Crippen LogP contribution is 2.34. The number of carbonyl (C=O) groups excluding carboxylic acids is 1. The lowest BCUT2D eigenvalue weighted by molar-refractivity contribution is -0.127. The number of nitrogens with one attached hydrogen (secondary N) is 1. The molecule has 1 heterocycles. The van der Waals surface area contributed by atoms with Crippen LogP contribution in [0.1, 0.15) is 5.56 Å². The average Bonchev–Trinajstić information content (AvgIpc) is 2.56. The van der Waals surface area contributed by atoms with Gasteiger partial charge in [0.2, 0.25) is 0 Å². The third-order valence-corrected chi connectivity index (χ3v) is 4.49. The van der Waals surface area contributed by atoms with E-state index in [1.807, 2.05) is 42.5 Å². The molecular weight excluding hydrogens is 344 g/mol. The van der Waals surface area contributed by atoms with E-state index in [-0.39, 0.29) is 5.91 Å². The van der Waals surface area contributed by atoms with E-state index < -0.39 is 6.10 Å². The van der Waals surface area contributed by atoms with Gasteiger partial charge in [0.15, 0.2) is 6.10 Å². The average molecular weight is 361 g/mol. The van der Waals surface area contributed by atoms with Gasteiger partial charge in [-0.15, -0.1) is 0 Å². The molecule has 2 aromatic rings. The Morgan fingerprint density at radius 1 is 1.27 bits per heavy atom. The molecule has 0 saturated heterocycles. The molecule has 0 bridgehead atoms. The van der Waals surface area contributed by atoms with E-state index in [1.54, 1.807) is 7.05 Å². The lowest BCUT2D eigenvalue weighted by Gasteiger charge is -2.35. The molecule has 3 rings (SSSR count). The zero-order chi connectivity index (χ0) is 15.5. The Morgan fingerprint density at radius 2 is 2.00 bits per heavy atom. The van der Waals surface area contributed by atoms with Crippen molar-refractivity contribution in [1.29, 1.82) is 0 Å². The summed E-state index contributed by atoms with van der Waals surface area (Å²) < 4.78 is 6.88. The molecule has 5 heteroatoms. The van der Waals surface area contributed by atoms with Crippen LogP contribution in [0.3, 0.4) is 0 Å². The highest BCUT2D eigenvalue weighted by atomic mass is 79.9. The molecule has 0 aromatic heterocycles. The molecule has 0 aliphatic carbocycles. The number of benzene rings is 2. The molecule has 1 amide bonds. The number of carbonyl (C=O) groups is 1. The summed E-state index contributed by atoms with van der Waals surface area (Å²) in [5.41, 5.74) is 2.19. The lowest BCUT2D eigenvalue weighted by atomic mass is 10.1. The van der Waals surface area contributed by atoms with Gasteiger partial charge in [-0.3, -0.25) is 4.79 Å². The third-order valence-electron chi connectivity index (χ3n) is 3.72. The molecule has 0 saturated carbocycles. The molecule has 22 heavy (non-hydrogen) atoms. The summed E-state index contributed by atoms with van der Waals surface area (Å²) in [6, 6.07) is 15.9. The number of hydrogen-bond donors (Lipinski definition) is 1. The van der Waals surface area contributed by atoms with Crippen molar-refractivity contribution in [3.63, 3.8) is 0 Å². The van der Waals surface area contributed by atoms with Gasteiger partial charge in [-0.25, -0.2) is 0 Å². The standard InChI is InChI=1S/C17H17BrN2O2/c1-19-17(21)16-11-20(10-12-6-2-3-7-13(12)18)14-8-4-5-9-15(14)22-16/h2-9,16H,10-11H2,1H3,(H,19,21)/t16-/m0/s1. The second-order valence-electron chi connectivity index (χ2n) is 5.16. The van der Waals surface area contributed by atoms with Crippen molar-refractivity contribution in [1.82, 2.24) is 5.32 Å². The van der Waals surface area contributed by atoms with Crippen LogP contribution in [0.15, 0.2) is 53.0 Å². The van der Waals surface area contributed by atoms with E-state index in [1.165, 1.54) is 5.56 Å². The van der Waals surface area contributed by atoms with Gasteiger partial charge in [-0.2, -0.15) is 0 Å². The largest absolute Gasteiger partial charge is 0.477 e. The van der Waals surface area contributed by atoms with Gasteiger partial charge < -0.3 is 15.0 Å². The summed E-state index contributed by atoms with van der Waals surface area (Å²) in [5.74, 6) is 0.640. The zero-order valence-electron chi connectivity index (χ0n) is 12.3. The highest BCUT2D eigenvalue weighted by molar-refractivity contribution is 9.10. The van der Waals surface area contributed by atoms with Gasteiger partial charge in [-0.1, -0.05) is 46.3 Å². The van der Waals surface area contributed by atoms with Crippen molar-refractivity contribution in [2.24, 2.45) is 0 Å². The molecule has 2 aromatic carbocycles. The molecule has 1 aliphatic rings. The van der Waals surface area contributed by atoms with Crippen molar-refractivity contribution in [3.8, 4) is 5.75 Å². The molecule has 114 valence electrons. The van der Waals surface area contributed by atoms with Crippen LogP contribution < -0.4 is 15.0 Å². The molecule has 1 aliphatic heterocycles. The molecular formula is C17H17BrN2O2. The van der Waals surface area contributed by atoms with Crippen molar-refractivity contribution in [2.45, 2.75) is 12.6 Å². The number of ether oxygens (including phenoxy) is 1. The molecule has 0 spiro atoms. The molecule has 1 N–H and O–H groups in total. The summed E-state index contributed by atoms with van der Waals surface area (Å²) in [5, 5.41) is 2.66. The van der Waals surface area contributed by atoms with Crippen molar-refractivity contribution in [3.05, 3.63) is 58.6 Å². The number of likely N-dealkylation sites (N-methyl/N-ethyl adjacent to an activating group) is 1. The summed E-state index contributed by atoms with van der Waals surface area (Å²) >= 11 is 3.58. The van der Waals surface area contributed by atoms with E-state index >= 15 is 0 Å². The monoisotopic (exact) mass is 360 g/mol. The second-order valence-corrected chi connectivity index (χ2v) is 6.01. The minimum Gasteiger partial charge on any atom is -0.477 e.